The Morgan fingerprint density at radius 3 is 1.64 bits per heavy atom. The molecular formula is C19H25FN2. The molecule has 0 heterocycles. The SMILES string of the molecule is Cc1ccc(CC(N)CCC(N)Cc2ccc(F)cc2)cc1. The van der Waals surface area contributed by atoms with Gasteiger partial charge in [0.25, 0.3) is 0 Å². The van der Waals surface area contributed by atoms with Crippen molar-refractivity contribution in [1.82, 2.24) is 0 Å². The summed E-state index contributed by atoms with van der Waals surface area (Å²) in [5.41, 5.74) is 16.0. The minimum Gasteiger partial charge on any atom is -0.327 e. The lowest BCUT2D eigenvalue weighted by molar-refractivity contribution is 0.514. The van der Waals surface area contributed by atoms with Crippen LogP contribution in [0.15, 0.2) is 48.5 Å². The molecule has 3 heteroatoms. The molecule has 22 heavy (non-hydrogen) atoms. The normalized spacial score (nSPS) is 13.8. The average molecular weight is 300 g/mol. The van der Waals surface area contributed by atoms with Gasteiger partial charge in [-0.3, -0.25) is 0 Å². The maximum atomic E-state index is 12.9. The first-order valence-corrected chi connectivity index (χ1v) is 7.84. The van der Waals surface area contributed by atoms with Gasteiger partial charge < -0.3 is 11.5 Å². The first-order chi connectivity index (χ1) is 10.5. The molecule has 0 radical (unpaired) electrons. The minimum absolute atomic E-state index is 0.0644. The van der Waals surface area contributed by atoms with E-state index in [1.54, 1.807) is 12.1 Å². The first-order valence-electron chi connectivity index (χ1n) is 7.84. The molecule has 0 aromatic heterocycles. The second-order valence-corrected chi connectivity index (χ2v) is 6.12. The molecule has 2 aromatic rings. The van der Waals surface area contributed by atoms with Crippen LogP contribution in [0.5, 0.6) is 0 Å². The summed E-state index contributed by atoms with van der Waals surface area (Å²) in [6.45, 7) is 2.08. The summed E-state index contributed by atoms with van der Waals surface area (Å²) in [4.78, 5) is 0. The number of rotatable bonds is 7. The molecule has 4 N–H and O–H groups in total. The lowest BCUT2D eigenvalue weighted by Crippen LogP contribution is -2.29. The third kappa shape index (κ3) is 5.58. The summed E-state index contributed by atoms with van der Waals surface area (Å²) in [5.74, 6) is -0.211. The van der Waals surface area contributed by atoms with Crippen molar-refractivity contribution in [1.29, 1.82) is 0 Å². The fourth-order valence-corrected chi connectivity index (χ4v) is 2.58. The quantitative estimate of drug-likeness (QED) is 0.824. The van der Waals surface area contributed by atoms with E-state index >= 15 is 0 Å². The molecule has 0 aliphatic heterocycles. The summed E-state index contributed by atoms with van der Waals surface area (Å²) in [7, 11) is 0. The summed E-state index contributed by atoms with van der Waals surface area (Å²) >= 11 is 0. The zero-order valence-electron chi connectivity index (χ0n) is 13.1. The summed E-state index contributed by atoms with van der Waals surface area (Å²) in [6.07, 6.45) is 3.42. The molecule has 2 unspecified atom stereocenters. The van der Waals surface area contributed by atoms with Gasteiger partial charge in [-0.2, -0.15) is 0 Å². The monoisotopic (exact) mass is 300 g/mol. The van der Waals surface area contributed by atoms with E-state index in [1.165, 1.54) is 23.3 Å². The Balaban J connectivity index is 1.74. The molecule has 2 atom stereocenters. The predicted octanol–water partition coefficient (Wildman–Crippen LogP) is 3.35. The van der Waals surface area contributed by atoms with Crippen LogP contribution in [0, 0.1) is 12.7 Å². The Hall–Kier alpha value is -1.71. The van der Waals surface area contributed by atoms with Gasteiger partial charge in [0.2, 0.25) is 0 Å². The number of nitrogens with two attached hydrogens (primary N) is 2. The zero-order valence-corrected chi connectivity index (χ0v) is 13.1. The molecule has 0 spiro atoms. The van der Waals surface area contributed by atoms with E-state index in [1.807, 2.05) is 0 Å². The predicted molar refractivity (Wildman–Crippen MR) is 90.2 cm³/mol. The van der Waals surface area contributed by atoms with Gasteiger partial charge in [-0.1, -0.05) is 42.0 Å². The Morgan fingerprint density at radius 1 is 0.773 bits per heavy atom. The Labute approximate surface area is 132 Å². The van der Waals surface area contributed by atoms with Crippen LogP contribution in [-0.2, 0) is 12.8 Å². The second-order valence-electron chi connectivity index (χ2n) is 6.12. The van der Waals surface area contributed by atoms with Gasteiger partial charge in [-0.15, -0.1) is 0 Å². The highest BCUT2D eigenvalue weighted by Gasteiger charge is 2.09. The molecule has 2 aromatic carbocycles. The van der Waals surface area contributed by atoms with Crippen molar-refractivity contribution in [3.05, 3.63) is 71.0 Å². The fraction of sp³-hybridized carbons (Fsp3) is 0.368. The fourth-order valence-electron chi connectivity index (χ4n) is 2.58. The lowest BCUT2D eigenvalue weighted by atomic mass is 9.97. The van der Waals surface area contributed by atoms with Crippen molar-refractivity contribution in [2.75, 3.05) is 0 Å². The van der Waals surface area contributed by atoms with Crippen LogP contribution in [0.4, 0.5) is 4.39 Å². The van der Waals surface area contributed by atoms with Crippen molar-refractivity contribution in [3.63, 3.8) is 0 Å². The molecule has 0 saturated heterocycles. The van der Waals surface area contributed by atoms with Crippen LogP contribution in [0.1, 0.15) is 29.5 Å². The van der Waals surface area contributed by atoms with Gasteiger partial charge in [-0.25, -0.2) is 4.39 Å². The van der Waals surface area contributed by atoms with Gasteiger partial charge in [0.15, 0.2) is 0 Å². The maximum absolute atomic E-state index is 12.9. The highest BCUT2D eigenvalue weighted by atomic mass is 19.1. The Kier molecular flexibility index (Phi) is 6.10. The Morgan fingerprint density at radius 2 is 1.18 bits per heavy atom. The third-order valence-corrected chi connectivity index (χ3v) is 3.94. The summed E-state index contributed by atoms with van der Waals surface area (Å²) in [6, 6.07) is 15.2. The van der Waals surface area contributed by atoms with E-state index < -0.39 is 0 Å². The van der Waals surface area contributed by atoms with E-state index in [9.17, 15) is 4.39 Å². The second kappa shape index (κ2) is 8.06. The van der Waals surface area contributed by atoms with E-state index in [4.69, 9.17) is 11.5 Å². The van der Waals surface area contributed by atoms with E-state index in [0.717, 1.165) is 31.2 Å². The number of hydrogen-bond acceptors (Lipinski definition) is 2. The van der Waals surface area contributed by atoms with Crippen molar-refractivity contribution in [2.24, 2.45) is 11.5 Å². The molecular weight excluding hydrogens is 275 g/mol. The van der Waals surface area contributed by atoms with Gasteiger partial charge in [-0.05, 0) is 55.9 Å². The summed E-state index contributed by atoms with van der Waals surface area (Å²) in [5, 5.41) is 0. The van der Waals surface area contributed by atoms with Gasteiger partial charge in [0.1, 0.15) is 5.82 Å². The molecule has 0 aliphatic rings. The standard InChI is InChI=1S/C19H25FN2/c1-14-2-4-15(5-3-14)12-18(21)10-11-19(22)13-16-6-8-17(20)9-7-16/h2-9,18-19H,10-13,21-22H2,1H3. The molecule has 0 amide bonds. The lowest BCUT2D eigenvalue weighted by Gasteiger charge is -2.16. The zero-order chi connectivity index (χ0) is 15.9. The van der Waals surface area contributed by atoms with Gasteiger partial charge in [0.05, 0.1) is 0 Å². The van der Waals surface area contributed by atoms with E-state index in [2.05, 4.69) is 31.2 Å². The minimum atomic E-state index is -0.211. The topological polar surface area (TPSA) is 52.0 Å². The average Bonchev–Trinajstić information content (AvgIpc) is 2.50. The van der Waals surface area contributed by atoms with Crippen molar-refractivity contribution < 1.29 is 4.39 Å². The maximum Gasteiger partial charge on any atom is 0.123 e. The number of aryl methyl sites for hydroxylation is 1. The van der Waals surface area contributed by atoms with Crippen LogP contribution < -0.4 is 11.5 Å². The number of halogens is 1. The number of benzene rings is 2. The molecule has 118 valence electrons. The van der Waals surface area contributed by atoms with Crippen LogP contribution in [0.25, 0.3) is 0 Å². The molecule has 2 rings (SSSR count). The van der Waals surface area contributed by atoms with Crippen LogP contribution in [0.2, 0.25) is 0 Å². The highest BCUT2D eigenvalue weighted by Crippen LogP contribution is 2.11. The molecule has 0 aliphatic carbocycles. The molecule has 2 nitrogen and oxygen atoms in total. The summed E-state index contributed by atoms with van der Waals surface area (Å²) < 4.78 is 12.9. The molecule has 0 saturated carbocycles. The van der Waals surface area contributed by atoms with Crippen molar-refractivity contribution in [3.8, 4) is 0 Å². The van der Waals surface area contributed by atoms with Crippen LogP contribution in [-0.4, -0.2) is 12.1 Å². The van der Waals surface area contributed by atoms with Crippen LogP contribution in [0.3, 0.4) is 0 Å². The third-order valence-electron chi connectivity index (χ3n) is 3.94. The Bertz CT molecular complexity index is 509. The number of hydrogen-bond donors (Lipinski definition) is 2. The van der Waals surface area contributed by atoms with Crippen molar-refractivity contribution in [2.45, 2.75) is 44.7 Å². The van der Waals surface area contributed by atoms with E-state index in [0.29, 0.717) is 0 Å². The molecule has 0 fully saturated rings. The highest BCUT2D eigenvalue weighted by molar-refractivity contribution is 5.22. The first kappa shape index (κ1) is 16.7. The molecule has 0 bridgehead atoms. The van der Waals surface area contributed by atoms with Gasteiger partial charge >= 0.3 is 0 Å². The van der Waals surface area contributed by atoms with Crippen molar-refractivity contribution >= 4 is 0 Å². The van der Waals surface area contributed by atoms with Gasteiger partial charge in [0, 0.05) is 12.1 Å². The largest absolute Gasteiger partial charge is 0.327 e. The van der Waals surface area contributed by atoms with E-state index in [-0.39, 0.29) is 17.9 Å². The smallest absolute Gasteiger partial charge is 0.123 e. The van der Waals surface area contributed by atoms with Crippen LogP contribution >= 0.6 is 0 Å².